The van der Waals surface area contributed by atoms with Crippen molar-refractivity contribution in [2.45, 2.75) is 31.8 Å². The highest BCUT2D eigenvalue weighted by atomic mass is 79.9. The predicted molar refractivity (Wildman–Crippen MR) is 76.0 cm³/mol. The van der Waals surface area contributed by atoms with E-state index in [2.05, 4.69) is 28.1 Å². The maximum atomic E-state index is 6.01. The molecular formula is C14H18BrClO. The zero-order valence-electron chi connectivity index (χ0n) is 9.87. The Morgan fingerprint density at radius 1 is 1.47 bits per heavy atom. The van der Waals surface area contributed by atoms with Crippen LogP contribution in [0.1, 0.15) is 24.8 Å². The van der Waals surface area contributed by atoms with Crippen LogP contribution in [-0.4, -0.2) is 18.0 Å². The molecule has 1 aromatic rings. The Morgan fingerprint density at radius 2 is 2.35 bits per heavy atom. The van der Waals surface area contributed by atoms with Gasteiger partial charge in [-0.05, 0) is 49.3 Å². The monoisotopic (exact) mass is 316 g/mol. The molecule has 94 valence electrons. The van der Waals surface area contributed by atoms with Gasteiger partial charge in [-0.1, -0.05) is 39.7 Å². The lowest BCUT2D eigenvalue weighted by Crippen LogP contribution is -2.16. The van der Waals surface area contributed by atoms with E-state index in [1.54, 1.807) is 0 Å². The first kappa shape index (κ1) is 13.4. The lowest BCUT2D eigenvalue weighted by Gasteiger charge is -2.18. The zero-order chi connectivity index (χ0) is 12.1. The quantitative estimate of drug-likeness (QED) is 0.728. The number of benzene rings is 1. The summed E-state index contributed by atoms with van der Waals surface area (Å²) in [5, 5.41) is 1.85. The molecule has 2 unspecified atom stereocenters. The molecule has 1 saturated heterocycles. The summed E-state index contributed by atoms with van der Waals surface area (Å²) in [6.45, 7) is 0.941. The molecule has 1 aromatic carbocycles. The van der Waals surface area contributed by atoms with Crippen molar-refractivity contribution in [3.05, 3.63) is 34.9 Å². The highest BCUT2D eigenvalue weighted by Gasteiger charge is 2.20. The molecule has 0 spiro atoms. The molecule has 0 radical (unpaired) electrons. The summed E-state index contributed by atoms with van der Waals surface area (Å²) in [5.41, 5.74) is 1.32. The van der Waals surface area contributed by atoms with Crippen molar-refractivity contribution >= 4 is 27.5 Å². The number of alkyl halides is 1. The van der Waals surface area contributed by atoms with E-state index in [9.17, 15) is 0 Å². The topological polar surface area (TPSA) is 9.23 Å². The third-order valence-corrected chi connectivity index (χ3v) is 4.40. The van der Waals surface area contributed by atoms with E-state index in [0.29, 0.717) is 12.0 Å². The van der Waals surface area contributed by atoms with Gasteiger partial charge in [0.1, 0.15) is 0 Å². The van der Waals surface area contributed by atoms with Crippen molar-refractivity contribution in [2.75, 3.05) is 11.9 Å². The fraction of sp³-hybridized carbons (Fsp3) is 0.571. The minimum Gasteiger partial charge on any atom is -0.378 e. The molecule has 1 aliphatic heterocycles. The molecule has 1 nitrogen and oxygen atoms in total. The van der Waals surface area contributed by atoms with Gasteiger partial charge in [-0.25, -0.2) is 0 Å². The second kappa shape index (κ2) is 6.77. The van der Waals surface area contributed by atoms with E-state index in [1.165, 1.54) is 18.4 Å². The van der Waals surface area contributed by atoms with E-state index in [4.69, 9.17) is 16.3 Å². The highest BCUT2D eigenvalue weighted by molar-refractivity contribution is 9.09. The summed E-state index contributed by atoms with van der Waals surface area (Å²) in [5.74, 6) is 0.636. The summed E-state index contributed by atoms with van der Waals surface area (Å²) in [6, 6.07) is 8.16. The Balaban J connectivity index is 1.90. The lowest BCUT2D eigenvalue weighted by molar-refractivity contribution is 0.0925. The second-order valence-electron chi connectivity index (χ2n) is 4.73. The Morgan fingerprint density at radius 3 is 3.00 bits per heavy atom. The van der Waals surface area contributed by atoms with Gasteiger partial charge in [-0.15, -0.1) is 0 Å². The average Bonchev–Trinajstić information content (AvgIpc) is 2.81. The summed E-state index contributed by atoms with van der Waals surface area (Å²) >= 11 is 9.62. The van der Waals surface area contributed by atoms with Gasteiger partial charge in [-0.3, -0.25) is 0 Å². The number of halogens is 2. The molecule has 2 atom stereocenters. The second-order valence-corrected chi connectivity index (χ2v) is 5.81. The summed E-state index contributed by atoms with van der Waals surface area (Å²) < 4.78 is 5.70. The van der Waals surface area contributed by atoms with Crippen LogP contribution in [-0.2, 0) is 11.2 Å². The maximum Gasteiger partial charge on any atom is 0.0579 e. The molecule has 1 heterocycles. The largest absolute Gasteiger partial charge is 0.378 e. The fourth-order valence-corrected chi connectivity index (χ4v) is 3.11. The van der Waals surface area contributed by atoms with Crippen LogP contribution in [0, 0.1) is 5.92 Å². The molecule has 0 aliphatic carbocycles. The molecule has 1 aliphatic rings. The molecule has 0 aromatic heterocycles. The van der Waals surface area contributed by atoms with Gasteiger partial charge in [0, 0.05) is 17.0 Å². The number of hydrogen-bond acceptors (Lipinski definition) is 1. The summed E-state index contributed by atoms with van der Waals surface area (Å²) in [7, 11) is 0. The SMILES string of the molecule is Clc1cccc(CC(CBr)CC2CCCO2)c1. The Labute approximate surface area is 117 Å². The van der Waals surface area contributed by atoms with Gasteiger partial charge in [0.05, 0.1) is 6.10 Å². The van der Waals surface area contributed by atoms with E-state index in [-0.39, 0.29) is 0 Å². The van der Waals surface area contributed by atoms with Gasteiger partial charge in [0.25, 0.3) is 0 Å². The first-order chi connectivity index (χ1) is 8.28. The number of hydrogen-bond donors (Lipinski definition) is 0. The highest BCUT2D eigenvalue weighted by Crippen LogP contribution is 2.24. The van der Waals surface area contributed by atoms with Crippen LogP contribution in [0.3, 0.4) is 0 Å². The Kier molecular flexibility index (Phi) is 5.33. The molecule has 1 fully saturated rings. The molecule has 0 amide bonds. The molecule has 0 bridgehead atoms. The van der Waals surface area contributed by atoms with Gasteiger partial charge in [-0.2, -0.15) is 0 Å². The molecule has 2 rings (SSSR count). The predicted octanol–water partition coefficient (Wildman–Crippen LogP) is 4.46. The minimum atomic E-state index is 0.469. The van der Waals surface area contributed by atoms with Crippen LogP contribution in [0.5, 0.6) is 0 Å². The van der Waals surface area contributed by atoms with E-state index in [0.717, 1.165) is 29.8 Å². The van der Waals surface area contributed by atoms with Crippen LogP contribution in [0.2, 0.25) is 5.02 Å². The molecule has 0 N–H and O–H groups in total. The summed E-state index contributed by atoms with van der Waals surface area (Å²) in [4.78, 5) is 0. The normalized spacial score (nSPS) is 21.6. The first-order valence-corrected chi connectivity index (χ1v) is 7.70. The fourth-order valence-electron chi connectivity index (χ4n) is 2.40. The van der Waals surface area contributed by atoms with Crippen molar-refractivity contribution in [1.29, 1.82) is 0 Å². The van der Waals surface area contributed by atoms with Crippen LogP contribution in [0.15, 0.2) is 24.3 Å². The van der Waals surface area contributed by atoms with Crippen LogP contribution < -0.4 is 0 Å². The number of ether oxygens (including phenoxy) is 1. The number of rotatable bonds is 5. The molecular weight excluding hydrogens is 300 g/mol. The van der Waals surface area contributed by atoms with Gasteiger partial charge in [0.2, 0.25) is 0 Å². The third kappa shape index (κ3) is 4.27. The third-order valence-electron chi connectivity index (χ3n) is 3.25. The Hall–Kier alpha value is -0.0500. The zero-order valence-corrected chi connectivity index (χ0v) is 12.2. The molecule has 0 saturated carbocycles. The van der Waals surface area contributed by atoms with Crippen molar-refractivity contribution in [2.24, 2.45) is 5.92 Å². The van der Waals surface area contributed by atoms with Crippen LogP contribution in [0.4, 0.5) is 0 Å². The lowest BCUT2D eigenvalue weighted by atomic mass is 9.94. The minimum absolute atomic E-state index is 0.469. The van der Waals surface area contributed by atoms with Gasteiger partial charge in [0.15, 0.2) is 0 Å². The van der Waals surface area contributed by atoms with Crippen LogP contribution >= 0.6 is 27.5 Å². The summed E-state index contributed by atoms with van der Waals surface area (Å²) in [6.07, 6.45) is 5.14. The van der Waals surface area contributed by atoms with E-state index < -0.39 is 0 Å². The average molecular weight is 318 g/mol. The van der Waals surface area contributed by atoms with Gasteiger partial charge >= 0.3 is 0 Å². The smallest absolute Gasteiger partial charge is 0.0579 e. The molecule has 3 heteroatoms. The first-order valence-electron chi connectivity index (χ1n) is 6.20. The van der Waals surface area contributed by atoms with E-state index in [1.807, 2.05) is 12.1 Å². The Bertz CT molecular complexity index is 350. The van der Waals surface area contributed by atoms with Crippen LogP contribution in [0.25, 0.3) is 0 Å². The van der Waals surface area contributed by atoms with Crippen molar-refractivity contribution in [3.63, 3.8) is 0 Å². The maximum absolute atomic E-state index is 6.01. The van der Waals surface area contributed by atoms with Gasteiger partial charge < -0.3 is 4.74 Å². The van der Waals surface area contributed by atoms with Crippen molar-refractivity contribution in [1.82, 2.24) is 0 Å². The molecule has 17 heavy (non-hydrogen) atoms. The van der Waals surface area contributed by atoms with Crippen molar-refractivity contribution < 1.29 is 4.74 Å². The van der Waals surface area contributed by atoms with E-state index >= 15 is 0 Å². The van der Waals surface area contributed by atoms with Crippen molar-refractivity contribution in [3.8, 4) is 0 Å². The standard InChI is InChI=1S/C14H18BrClO/c15-10-12(9-14-5-2-6-17-14)7-11-3-1-4-13(16)8-11/h1,3-4,8,12,14H,2,5-7,9-10H2.